The molecule has 0 radical (unpaired) electrons. The Labute approximate surface area is 68.9 Å². The van der Waals surface area contributed by atoms with Gasteiger partial charge < -0.3 is 5.73 Å². The van der Waals surface area contributed by atoms with Gasteiger partial charge in [0.05, 0.1) is 0 Å². The topological polar surface area (TPSA) is 29.9 Å². The monoisotopic (exact) mass is 165 g/mol. The molecule has 2 rings (SSSR count). The number of hydrogen-bond donors (Lipinski definition) is 1. The predicted molar refractivity (Wildman–Crippen MR) is 47.4 cm³/mol. The molecule has 1 heterocycles. The van der Waals surface area contributed by atoms with Gasteiger partial charge >= 0.3 is 0 Å². The number of benzene rings is 1. The Balaban J connectivity index is 2.86. The quantitative estimate of drug-likeness (QED) is 0.463. The molecule has 0 aliphatic rings. The molecule has 0 saturated carbocycles. The van der Waals surface area contributed by atoms with Crippen molar-refractivity contribution in [3.05, 3.63) is 23.7 Å². The highest BCUT2D eigenvalue weighted by atomic mass is 32.1. The van der Waals surface area contributed by atoms with Gasteiger partial charge in [0.1, 0.15) is 11.7 Å². The third-order valence-corrected chi connectivity index (χ3v) is 2.70. The molecule has 1 aromatic heterocycles. The van der Waals surface area contributed by atoms with Gasteiger partial charge in [-0.25, -0.2) is 0 Å². The maximum absolute atomic E-state index is 5.63. The molecule has 11 heavy (non-hydrogen) atoms. The molecule has 0 unspecified atom stereocenters. The minimum atomic E-state index is 0.833. The van der Waals surface area contributed by atoms with Crippen LogP contribution >= 0.6 is 11.3 Å². The molecule has 0 aliphatic carbocycles. The van der Waals surface area contributed by atoms with E-state index in [9.17, 15) is 0 Å². The number of thiazole rings is 1. The Morgan fingerprint density at radius 1 is 1.45 bits per heavy atom. The van der Waals surface area contributed by atoms with Crippen molar-refractivity contribution in [2.75, 3.05) is 5.73 Å². The number of aryl methyl sites for hydroxylation is 1. The zero-order valence-corrected chi connectivity index (χ0v) is 7.06. The first-order valence-electron chi connectivity index (χ1n) is 3.40. The van der Waals surface area contributed by atoms with Crippen LogP contribution < -0.4 is 10.3 Å². The lowest BCUT2D eigenvalue weighted by Gasteiger charge is -1.88. The van der Waals surface area contributed by atoms with Crippen LogP contribution in [0.2, 0.25) is 0 Å². The van der Waals surface area contributed by atoms with Crippen LogP contribution in [0.15, 0.2) is 23.7 Å². The number of nitrogen functional groups attached to an aromatic ring is 1. The van der Waals surface area contributed by atoms with Gasteiger partial charge in [0.25, 0.3) is 0 Å². The maximum Gasteiger partial charge on any atom is 0.225 e. The van der Waals surface area contributed by atoms with E-state index in [0.29, 0.717) is 0 Å². The number of nitrogens with two attached hydrogens (primary N) is 1. The summed E-state index contributed by atoms with van der Waals surface area (Å²) < 4.78 is 3.34. The SMILES string of the molecule is C[n+]1csc2cc(N)ccc21. The van der Waals surface area contributed by atoms with Crippen molar-refractivity contribution in [1.82, 2.24) is 0 Å². The lowest BCUT2D eigenvalue weighted by atomic mass is 10.3. The number of anilines is 1. The lowest BCUT2D eigenvalue weighted by Crippen LogP contribution is -2.24. The van der Waals surface area contributed by atoms with Crippen LogP contribution in [0.3, 0.4) is 0 Å². The largest absolute Gasteiger partial charge is 0.399 e. The van der Waals surface area contributed by atoms with E-state index < -0.39 is 0 Å². The standard InChI is InChI=1S/C8H9N2S/c1-10-5-11-8-4-6(9)2-3-7(8)10/h2-5H,9H2,1H3/q+1. The van der Waals surface area contributed by atoms with Crippen molar-refractivity contribution in [2.24, 2.45) is 7.05 Å². The van der Waals surface area contributed by atoms with Crippen molar-refractivity contribution in [3.8, 4) is 0 Å². The molecule has 2 nitrogen and oxygen atoms in total. The van der Waals surface area contributed by atoms with Crippen molar-refractivity contribution in [2.45, 2.75) is 0 Å². The third kappa shape index (κ3) is 0.973. The molecule has 3 heteroatoms. The number of aromatic nitrogens is 1. The van der Waals surface area contributed by atoms with E-state index in [4.69, 9.17) is 5.73 Å². The Bertz CT molecular complexity index is 392. The number of nitrogens with zero attached hydrogens (tertiary/aromatic N) is 1. The average Bonchev–Trinajstić information content (AvgIpc) is 2.32. The lowest BCUT2D eigenvalue weighted by molar-refractivity contribution is -0.640. The zero-order chi connectivity index (χ0) is 7.84. The van der Waals surface area contributed by atoms with E-state index in [1.165, 1.54) is 10.2 Å². The van der Waals surface area contributed by atoms with Crippen molar-refractivity contribution < 1.29 is 4.57 Å². The Hall–Kier alpha value is -1.09. The second-order valence-electron chi connectivity index (χ2n) is 2.56. The molecule has 0 saturated heterocycles. The molecule has 56 valence electrons. The average molecular weight is 165 g/mol. The second-order valence-corrected chi connectivity index (χ2v) is 3.45. The highest BCUT2D eigenvalue weighted by molar-refractivity contribution is 7.16. The zero-order valence-electron chi connectivity index (χ0n) is 6.24. The molecule has 0 amide bonds. The van der Waals surface area contributed by atoms with E-state index in [1.807, 2.05) is 25.2 Å². The summed E-state index contributed by atoms with van der Waals surface area (Å²) in [5.74, 6) is 0. The number of fused-ring (bicyclic) bond motifs is 1. The third-order valence-electron chi connectivity index (χ3n) is 1.70. The van der Waals surface area contributed by atoms with E-state index in [2.05, 4.69) is 10.1 Å². The summed E-state index contributed by atoms with van der Waals surface area (Å²) in [6.45, 7) is 0. The van der Waals surface area contributed by atoms with E-state index in [-0.39, 0.29) is 0 Å². The summed E-state index contributed by atoms with van der Waals surface area (Å²) in [4.78, 5) is 0. The summed E-state index contributed by atoms with van der Waals surface area (Å²) >= 11 is 1.71. The van der Waals surface area contributed by atoms with Gasteiger partial charge in [-0.1, -0.05) is 11.3 Å². The number of rotatable bonds is 0. The van der Waals surface area contributed by atoms with Gasteiger partial charge in [-0.2, -0.15) is 4.57 Å². The van der Waals surface area contributed by atoms with Gasteiger partial charge in [0.2, 0.25) is 11.0 Å². The van der Waals surface area contributed by atoms with Gasteiger partial charge in [0, 0.05) is 11.8 Å². The second kappa shape index (κ2) is 2.20. The Morgan fingerprint density at radius 2 is 2.27 bits per heavy atom. The molecule has 0 bridgehead atoms. The predicted octanol–water partition coefficient (Wildman–Crippen LogP) is 1.31. The van der Waals surface area contributed by atoms with Crippen LogP contribution in [0.4, 0.5) is 5.69 Å². The first kappa shape index (κ1) is 6.61. The minimum Gasteiger partial charge on any atom is -0.399 e. The van der Waals surface area contributed by atoms with E-state index in [0.717, 1.165) is 5.69 Å². The molecule has 1 aromatic carbocycles. The Kier molecular flexibility index (Phi) is 1.32. The Morgan fingerprint density at radius 3 is 3.09 bits per heavy atom. The van der Waals surface area contributed by atoms with Gasteiger partial charge in [-0.05, 0) is 12.1 Å². The van der Waals surface area contributed by atoms with E-state index in [1.54, 1.807) is 11.3 Å². The fourth-order valence-electron chi connectivity index (χ4n) is 1.11. The van der Waals surface area contributed by atoms with Gasteiger partial charge in [-0.3, -0.25) is 0 Å². The van der Waals surface area contributed by atoms with Gasteiger partial charge in [0.15, 0.2) is 0 Å². The highest BCUT2D eigenvalue weighted by Crippen LogP contribution is 2.18. The molecule has 0 fully saturated rings. The fraction of sp³-hybridized carbons (Fsp3) is 0.125. The van der Waals surface area contributed by atoms with Crippen LogP contribution in [-0.4, -0.2) is 0 Å². The van der Waals surface area contributed by atoms with Crippen molar-refractivity contribution in [1.29, 1.82) is 0 Å². The smallest absolute Gasteiger partial charge is 0.225 e. The molecule has 2 N–H and O–H groups in total. The van der Waals surface area contributed by atoms with Crippen molar-refractivity contribution >= 4 is 27.2 Å². The molecule has 2 aromatic rings. The van der Waals surface area contributed by atoms with Gasteiger partial charge in [-0.15, -0.1) is 0 Å². The first-order valence-corrected chi connectivity index (χ1v) is 4.28. The fourth-order valence-corrected chi connectivity index (χ4v) is 2.03. The minimum absolute atomic E-state index is 0.833. The summed E-state index contributed by atoms with van der Waals surface area (Å²) in [7, 11) is 2.04. The molecular weight excluding hydrogens is 156 g/mol. The van der Waals surface area contributed by atoms with Crippen LogP contribution in [0.5, 0.6) is 0 Å². The van der Waals surface area contributed by atoms with Crippen LogP contribution in [0.25, 0.3) is 10.2 Å². The number of hydrogen-bond acceptors (Lipinski definition) is 2. The maximum atomic E-state index is 5.63. The summed E-state index contributed by atoms with van der Waals surface area (Å²) in [6.07, 6.45) is 0. The summed E-state index contributed by atoms with van der Waals surface area (Å²) in [5.41, 5.74) is 9.78. The van der Waals surface area contributed by atoms with Crippen molar-refractivity contribution in [3.63, 3.8) is 0 Å². The van der Waals surface area contributed by atoms with Crippen LogP contribution in [0.1, 0.15) is 0 Å². The highest BCUT2D eigenvalue weighted by Gasteiger charge is 2.05. The van der Waals surface area contributed by atoms with Crippen LogP contribution in [-0.2, 0) is 7.05 Å². The van der Waals surface area contributed by atoms with Crippen LogP contribution in [0, 0.1) is 0 Å². The molecular formula is C8H9N2S+. The molecule has 0 aliphatic heterocycles. The summed E-state index contributed by atoms with van der Waals surface area (Å²) in [5, 5.41) is 0. The molecule has 0 spiro atoms. The first-order chi connectivity index (χ1) is 5.27. The van der Waals surface area contributed by atoms with E-state index >= 15 is 0 Å². The normalized spacial score (nSPS) is 10.6. The summed E-state index contributed by atoms with van der Waals surface area (Å²) in [6, 6.07) is 5.97. The molecule has 0 atom stereocenters.